The predicted molar refractivity (Wildman–Crippen MR) is 164 cm³/mol. The molecule has 10 nitrogen and oxygen atoms in total. The molecule has 6 aromatic rings. The van der Waals surface area contributed by atoms with Gasteiger partial charge < -0.3 is 14.6 Å². The molecule has 1 aromatic carbocycles. The van der Waals surface area contributed by atoms with Gasteiger partial charge in [-0.05, 0) is 75.9 Å². The molecule has 0 spiro atoms. The standard InChI is InChI=1S/C32H32FN9O/c1-41(2)9-10-43-25-13-21(12-24(33)15-25)28-30-27(5-6-35-28)37-32(38-30)29-26-14-23(18-36-31(26)40-39-29)22-11-20(16-34-17-22)19-42-7-3-4-8-42/h5-6,11-18H,3-4,7-10,19H2,1-2H3,(H,37,38)(H,36,39,40). The zero-order valence-corrected chi connectivity index (χ0v) is 24.1. The number of aromatic nitrogens is 7. The molecule has 0 aliphatic carbocycles. The molecule has 6 heterocycles. The van der Waals surface area contributed by atoms with Crippen molar-refractivity contribution in [3.8, 4) is 39.7 Å². The first-order valence-electron chi connectivity index (χ1n) is 14.4. The number of halogens is 1. The van der Waals surface area contributed by atoms with Crippen LogP contribution in [-0.2, 0) is 6.54 Å². The lowest BCUT2D eigenvalue weighted by Gasteiger charge is -2.14. The molecule has 2 N–H and O–H groups in total. The van der Waals surface area contributed by atoms with Crippen molar-refractivity contribution in [2.45, 2.75) is 19.4 Å². The Morgan fingerprint density at radius 1 is 0.953 bits per heavy atom. The van der Waals surface area contributed by atoms with Gasteiger partial charge in [0, 0.05) is 60.6 Å². The summed E-state index contributed by atoms with van der Waals surface area (Å²) in [4.78, 5) is 26.4. The quantitative estimate of drug-likeness (QED) is 0.238. The highest BCUT2D eigenvalue weighted by molar-refractivity contribution is 5.96. The highest BCUT2D eigenvalue weighted by Gasteiger charge is 2.18. The van der Waals surface area contributed by atoms with E-state index in [1.54, 1.807) is 12.3 Å². The van der Waals surface area contributed by atoms with Gasteiger partial charge in [-0.1, -0.05) is 0 Å². The van der Waals surface area contributed by atoms with E-state index in [2.05, 4.69) is 47.2 Å². The second-order valence-electron chi connectivity index (χ2n) is 11.2. The van der Waals surface area contributed by atoms with Crippen molar-refractivity contribution in [1.82, 2.24) is 44.9 Å². The van der Waals surface area contributed by atoms with Crippen molar-refractivity contribution in [3.05, 3.63) is 72.6 Å². The minimum Gasteiger partial charge on any atom is -0.492 e. The van der Waals surface area contributed by atoms with E-state index in [4.69, 9.17) is 9.72 Å². The van der Waals surface area contributed by atoms with Crippen molar-refractivity contribution in [2.24, 2.45) is 0 Å². The van der Waals surface area contributed by atoms with E-state index in [0.717, 1.165) is 48.2 Å². The maximum Gasteiger partial charge on any atom is 0.159 e. The van der Waals surface area contributed by atoms with Crippen LogP contribution in [-0.4, -0.2) is 85.3 Å². The van der Waals surface area contributed by atoms with E-state index in [1.807, 2.05) is 43.7 Å². The van der Waals surface area contributed by atoms with Gasteiger partial charge in [-0.15, -0.1) is 0 Å². The molecule has 0 atom stereocenters. The van der Waals surface area contributed by atoms with Crippen LogP contribution in [0.5, 0.6) is 5.75 Å². The second kappa shape index (κ2) is 11.5. The third kappa shape index (κ3) is 5.69. The third-order valence-corrected chi connectivity index (χ3v) is 7.73. The number of rotatable bonds is 9. The number of aromatic amines is 2. The number of ether oxygens (including phenoxy) is 1. The van der Waals surface area contributed by atoms with Gasteiger partial charge in [-0.25, -0.2) is 14.4 Å². The average Bonchev–Trinajstić information content (AvgIpc) is 3.76. The summed E-state index contributed by atoms with van der Waals surface area (Å²) in [7, 11) is 3.93. The monoisotopic (exact) mass is 577 g/mol. The Bertz CT molecular complexity index is 1910. The fraction of sp³-hybridized carbons (Fsp3) is 0.281. The second-order valence-corrected chi connectivity index (χ2v) is 11.2. The molecule has 1 saturated heterocycles. The molecular formula is C32H32FN9O. The van der Waals surface area contributed by atoms with Gasteiger partial charge in [0.05, 0.1) is 16.6 Å². The average molecular weight is 578 g/mol. The van der Waals surface area contributed by atoms with Gasteiger partial charge in [0.15, 0.2) is 11.5 Å². The third-order valence-electron chi connectivity index (χ3n) is 7.73. The van der Waals surface area contributed by atoms with Gasteiger partial charge >= 0.3 is 0 Å². The molecule has 7 rings (SSSR count). The first-order chi connectivity index (χ1) is 21.0. The lowest BCUT2D eigenvalue weighted by molar-refractivity contribution is 0.260. The first-order valence-corrected chi connectivity index (χ1v) is 14.4. The topological polar surface area (TPSA) is 112 Å². The van der Waals surface area contributed by atoms with E-state index in [9.17, 15) is 4.39 Å². The summed E-state index contributed by atoms with van der Waals surface area (Å²) < 4.78 is 20.4. The zero-order valence-electron chi connectivity index (χ0n) is 24.1. The minimum absolute atomic E-state index is 0.400. The maximum atomic E-state index is 14.6. The van der Waals surface area contributed by atoms with E-state index in [-0.39, 0.29) is 0 Å². The van der Waals surface area contributed by atoms with E-state index in [1.165, 1.54) is 30.5 Å². The van der Waals surface area contributed by atoms with Crippen molar-refractivity contribution in [1.29, 1.82) is 0 Å². The molecule has 43 heavy (non-hydrogen) atoms. The maximum absolute atomic E-state index is 14.6. The number of hydrogen-bond donors (Lipinski definition) is 2. The molecule has 0 unspecified atom stereocenters. The number of likely N-dealkylation sites (tertiary alicyclic amines) is 1. The Kier molecular flexibility index (Phi) is 7.25. The Hall–Kier alpha value is -4.74. The molecule has 0 amide bonds. The smallest absolute Gasteiger partial charge is 0.159 e. The normalized spacial score (nSPS) is 14.0. The number of benzene rings is 1. The summed E-state index contributed by atoms with van der Waals surface area (Å²) in [6.07, 6.45) is 9.84. The highest BCUT2D eigenvalue weighted by atomic mass is 19.1. The van der Waals surface area contributed by atoms with Crippen LogP contribution >= 0.6 is 0 Å². The van der Waals surface area contributed by atoms with E-state index in [0.29, 0.717) is 46.3 Å². The van der Waals surface area contributed by atoms with Crippen molar-refractivity contribution < 1.29 is 9.13 Å². The van der Waals surface area contributed by atoms with Crippen molar-refractivity contribution in [3.63, 3.8) is 0 Å². The van der Waals surface area contributed by atoms with Gasteiger partial charge in [-0.3, -0.25) is 20.0 Å². The van der Waals surface area contributed by atoms with Crippen molar-refractivity contribution in [2.75, 3.05) is 40.3 Å². The van der Waals surface area contributed by atoms with Gasteiger partial charge in [0.1, 0.15) is 29.4 Å². The molecule has 1 aliphatic heterocycles. The summed E-state index contributed by atoms with van der Waals surface area (Å²) >= 11 is 0. The summed E-state index contributed by atoms with van der Waals surface area (Å²) in [6.45, 7) is 4.34. The summed E-state index contributed by atoms with van der Waals surface area (Å²) in [6, 6.07) is 10.7. The fourth-order valence-electron chi connectivity index (χ4n) is 5.56. The van der Waals surface area contributed by atoms with Gasteiger partial charge in [0.2, 0.25) is 0 Å². The number of pyridine rings is 3. The predicted octanol–water partition coefficient (Wildman–Crippen LogP) is 5.30. The van der Waals surface area contributed by atoms with Gasteiger partial charge in [0.25, 0.3) is 0 Å². The fourth-order valence-corrected chi connectivity index (χ4v) is 5.56. The molecule has 5 aromatic heterocycles. The Balaban J connectivity index is 1.22. The van der Waals surface area contributed by atoms with Crippen LogP contribution in [0.25, 0.3) is 56.0 Å². The number of likely N-dealkylation sites (N-methyl/N-ethyl adjacent to an activating group) is 1. The van der Waals surface area contributed by atoms with Crippen LogP contribution in [0, 0.1) is 5.82 Å². The van der Waals surface area contributed by atoms with Crippen LogP contribution in [0.2, 0.25) is 0 Å². The molecule has 1 fully saturated rings. The summed E-state index contributed by atoms with van der Waals surface area (Å²) in [5.74, 6) is 0.610. The largest absolute Gasteiger partial charge is 0.492 e. The molecule has 0 bridgehead atoms. The molecule has 0 saturated carbocycles. The lowest BCUT2D eigenvalue weighted by atomic mass is 10.1. The number of nitrogens with zero attached hydrogens (tertiary/aromatic N) is 7. The van der Waals surface area contributed by atoms with Crippen LogP contribution in [0.15, 0.2) is 61.2 Å². The molecule has 0 radical (unpaired) electrons. The zero-order chi connectivity index (χ0) is 29.3. The number of H-pyrrole nitrogens is 2. The molecule has 218 valence electrons. The van der Waals surface area contributed by atoms with Crippen LogP contribution in [0.1, 0.15) is 18.4 Å². The molecule has 1 aliphatic rings. The van der Waals surface area contributed by atoms with E-state index < -0.39 is 5.82 Å². The lowest BCUT2D eigenvalue weighted by Crippen LogP contribution is -2.19. The number of hydrogen-bond acceptors (Lipinski definition) is 8. The number of nitrogens with one attached hydrogen (secondary N) is 2. The Morgan fingerprint density at radius 3 is 2.67 bits per heavy atom. The Labute approximate surface area is 248 Å². The van der Waals surface area contributed by atoms with E-state index >= 15 is 0 Å². The summed E-state index contributed by atoms with van der Waals surface area (Å²) in [5.41, 5.74) is 6.95. The van der Waals surface area contributed by atoms with Crippen molar-refractivity contribution >= 4 is 22.1 Å². The summed E-state index contributed by atoms with van der Waals surface area (Å²) in [5, 5.41) is 8.41. The van der Waals surface area contributed by atoms with Crippen LogP contribution in [0.4, 0.5) is 4.39 Å². The minimum atomic E-state index is -0.400. The number of imidazole rings is 1. The highest BCUT2D eigenvalue weighted by Crippen LogP contribution is 2.33. The number of fused-ring (bicyclic) bond motifs is 2. The Morgan fingerprint density at radius 2 is 1.81 bits per heavy atom. The van der Waals surface area contributed by atoms with Crippen LogP contribution < -0.4 is 4.74 Å². The van der Waals surface area contributed by atoms with Gasteiger partial charge in [-0.2, -0.15) is 5.10 Å². The first kappa shape index (κ1) is 27.1. The SMILES string of the molecule is CN(C)CCOc1cc(F)cc(-c2nccc3[nH]c(-c4n[nH]c5ncc(-c6cncc(CN7CCCC7)c6)cc45)nc23)c1. The molecule has 11 heteroatoms. The van der Waals surface area contributed by atoms with Crippen LogP contribution in [0.3, 0.4) is 0 Å². The molecular weight excluding hydrogens is 545 g/mol.